The molecule has 0 aromatic rings. The molecule has 1 saturated heterocycles. The van der Waals surface area contributed by atoms with Crippen LogP contribution in [0.1, 0.15) is 64.7 Å². The van der Waals surface area contributed by atoms with Gasteiger partial charge in [-0.15, -0.1) is 0 Å². The van der Waals surface area contributed by atoms with Crippen LogP contribution in [0.25, 0.3) is 0 Å². The number of amides is 1. The van der Waals surface area contributed by atoms with Crippen molar-refractivity contribution in [2.45, 2.75) is 70.8 Å². The van der Waals surface area contributed by atoms with Crippen LogP contribution in [0.5, 0.6) is 0 Å². The van der Waals surface area contributed by atoms with E-state index in [1.807, 2.05) is 0 Å². The van der Waals surface area contributed by atoms with E-state index >= 15 is 0 Å². The van der Waals surface area contributed by atoms with E-state index in [2.05, 4.69) is 17.6 Å². The number of rotatable bonds is 8. The first-order valence-electron chi connectivity index (χ1n) is 7.35. The van der Waals surface area contributed by atoms with Gasteiger partial charge in [0.25, 0.3) is 0 Å². The Morgan fingerprint density at radius 1 is 1.18 bits per heavy atom. The molecule has 0 aromatic carbocycles. The molecule has 0 aliphatic carbocycles. The quantitative estimate of drug-likeness (QED) is 0.640. The van der Waals surface area contributed by atoms with Gasteiger partial charge < -0.3 is 10.6 Å². The van der Waals surface area contributed by atoms with Gasteiger partial charge in [-0.2, -0.15) is 0 Å². The van der Waals surface area contributed by atoms with Crippen LogP contribution in [0.3, 0.4) is 0 Å². The Bertz CT molecular complexity index is 200. The highest BCUT2D eigenvalue weighted by atomic mass is 16.2. The minimum absolute atomic E-state index is 0.0730. The average Bonchev–Trinajstić information content (AvgIpc) is 2.38. The molecule has 1 unspecified atom stereocenters. The number of hydrogen-bond acceptors (Lipinski definition) is 2. The zero-order valence-electron chi connectivity index (χ0n) is 11.3. The van der Waals surface area contributed by atoms with Crippen molar-refractivity contribution in [1.29, 1.82) is 0 Å². The van der Waals surface area contributed by atoms with Crippen LogP contribution in [-0.4, -0.2) is 25.0 Å². The number of carbonyl (C=O) groups excluding carboxylic acids is 1. The first kappa shape index (κ1) is 14.5. The highest BCUT2D eigenvalue weighted by molar-refractivity contribution is 5.81. The van der Waals surface area contributed by atoms with Gasteiger partial charge in [-0.1, -0.05) is 45.4 Å². The van der Waals surface area contributed by atoms with E-state index < -0.39 is 0 Å². The van der Waals surface area contributed by atoms with Gasteiger partial charge in [0.1, 0.15) is 0 Å². The Morgan fingerprint density at radius 3 is 2.65 bits per heavy atom. The van der Waals surface area contributed by atoms with Crippen molar-refractivity contribution in [1.82, 2.24) is 10.6 Å². The zero-order chi connectivity index (χ0) is 12.3. The standard InChI is InChI=1S/C14H28N2O/c1-2-3-4-5-6-8-12-16-14(17)13-10-7-9-11-15-13/h13,15H,2-12H2,1H3,(H,16,17). The predicted octanol–water partition coefficient (Wildman–Crippen LogP) is 2.61. The van der Waals surface area contributed by atoms with Gasteiger partial charge in [0, 0.05) is 6.54 Å². The Morgan fingerprint density at radius 2 is 1.94 bits per heavy atom. The summed E-state index contributed by atoms with van der Waals surface area (Å²) in [7, 11) is 0. The molecule has 1 heterocycles. The second-order valence-corrected chi connectivity index (χ2v) is 5.06. The molecular weight excluding hydrogens is 212 g/mol. The first-order chi connectivity index (χ1) is 8.34. The lowest BCUT2D eigenvalue weighted by Gasteiger charge is -2.22. The highest BCUT2D eigenvalue weighted by Crippen LogP contribution is 2.07. The van der Waals surface area contributed by atoms with Crippen LogP contribution in [0.15, 0.2) is 0 Å². The maximum Gasteiger partial charge on any atom is 0.237 e. The summed E-state index contributed by atoms with van der Waals surface area (Å²) >= 11 is 0. The molecule has 1 aliphatic heterocycles. The number of nitrogens with one attached hydrogen (secondary N) is 2. The highest BCUT2D eigenvalue weighted by Gasteiger charge is 2.19. The summed E-state index contributed by atoms with van der Waals surface area (Å²) in [6, 6.07) is 0.0730. The minimum atomic E-state index is 0.0730. The van der Waals surface area contributed by atoms with Crippen molar-refractivity contribution in [2.24, 2.45) is 0 Å². The van der Waals surface area contributed by atoms with E-state index in [1.165, 1.54) is 44.9 Å². The molecule has 2 N–H and O–H groups in total. The van der Waals surface area contributed by atoms with Crippen LogP contribution in [0.2, 0.25) is 0 Å². The van der Waals surface area contributed by atoms with E-state index in [1.54, 1.807) is 0 Å². The first-order valence-corrected chi connectivity index (χ1v) is 7.35. The summed E-state index contributed by atoms with van der Waals surface area (Å²) in [4.78, 5) is 11.8. The van der Waals surface area contributed by atoms with E-state index in [-0.39, 0.29) is 11.9 Å². The second kappa shape index (κ2) is 9.46. The van der Waals surface area contributed by atoms with Crippen molar-refractivity contribution >= 4 is 5.91 Å². The lowest BCUT2D eigenvalue weighted by Crippen LogP contribution is -2.46. The third kappa shape index (κ3) is 6.67. The predicted molar refractivity (Wildman–Crippen MR) is 72.0 cm³/mol. The minimum Gasteiger partial charge on any atom is -0.355 e. The fourth-order valence-electron chi connectivity index (χ4n) is 2.32. The Balaban J connectivity index is 1.92. The molecular formula is C14H28N2O. The monoisotopic (exact) mass is 240 g/mol. The van der Waals surface area contributed by atoms with E-state index in [4.69, 9.17) is 0 Å². The third-order valence-electron chi connectivity index (χ3n) is 3.46. The van der Waals surface area contributed by atoms with Crippen molar-refractivity contribution in [3.8, 4) is 0 Å². The topological polar surface area (TPSA) is 41.1 Å². The van der Waals surface area contributed by atoms with E-state index in [0.717, 1.165) is 25.9 Å². The van der Waals surface area contributed by atoms with Gasteiger partial charge in [-0.25, -0.2) is 0 Å². The van der Waals surface area contributed by atoms with Crippen molar-refractivity contribution in [3.05, 3.63) is 0 Å². The summed E-state index contributed by atoms with van der Waals surface area (Å²) in [6.45, 7) is 4.08. The Hall–Kier alpha value is -0.570. The molecule has 1 atom stereocenters. The SMILES string of the molecule is CCCCCCCCNC(=O)C1CCCCN1. The summed E-state index contributed by atoms with van der Waals surface area (Å²) in [5.41, 5.74) is 0. The molecule has 100 valence electrons. The second-order valence-electron chi connectivity index (χ2n) is 5.06. The summed E-state index contributed by atoms with van der Waals surface area (Å²) in [5, 5.41) is 6.32. The number of carbonyl (C=O) groups is 1. The molecule has 3 nitrogen and oxygen atoms in total. The van der Waals surface area contributed by atoms with Crippen LogP contribution < -0.4 is 10.6 Å². The molecule has 1 fully saturated rings. The molecule has 0 aromatic heterocycles. The fourth-order valence-corrected chi connectivity index (χ4v) is 2.32. The molecule has 0 radical (unpaired) electrons. The van der Waals surface area contributed by atoms with Gasteiger partial charge >= 0.3 is 0 Å². The number of piperidine rings is 1. The van der Waals surface area contributed by atoms with Crippen molar-refractivity contribution in [2.75, 3.05) is 13.1 Å². The van der Waals surface area contributed by atoms with Gasteiger partial charge in [-0.05, 0) is 25.8 Å². The normalized spacial score (nSPS) is 20.2. The van der Waals surface area contributed by atoms with Crippen LogP contribution >= 0.6 is 0 Å². The van der Waals surface area contributed by atoms with Crippen LogP contribution in [0, 0.1) is 0 Å². The summed E-state index contributed by atoms with van der Waals surface area (Å²) in [5.74, 6) is 0.207. The van der Waals surface area contributed by atoms with E-state index in [0.29, 0.717) is 0 Å². The molecule has 1 aliphatic rings. The largest absolute Gasteiger partial charge is 0.355 e. The van der Waals surface area contributed by atoms with Crippen LogP contribution in [-0.2, 0) is 4.79 Å². The lowest BCUT2D eigenvalue weighted by atomic mass is 10.0. The maximum atomic E-state index is 11.8. The van der Waals surface area contributed by atoms with Gasteiger partial charge in [0.05, 0.1) is 6.04 Å². The Labute approximate surface area is 106 Å². The molecule has 0 bridgehead atoms. The summed E-state index contributed by atoms with van der Waals surface area (Å²) in [6.07, 6.45) is 11.1. The molecule has 0 saturated carbocycles. The maximum absolute atomic E-state index is 11.8. The number of unbranched alkanes of at least 4 members (excludes halogenated alkanes) is 5. The molecule has 0 spiro atoms. The van der Waals surface area contributed by atoms with Crippen molar-refractivity contribution in [3.63, 3.8) is 0 Å². The third-order valence-corrected chi connectivity index (χ3v) is 3.46. The van der Waals surface area contributed by atoms with Gasteiger partial charge in [-0.3, -0.25) is 4.79 Å². The molecule has 1 rings (SSSR count). The van der Waals surface area contributed by atoms with Crippen LogP contribution in [0.4, 0.5) is 0 Å². The zero-order valence-corrected chi connectivity index (χ0v) is 11.3. The van der Waals surface area contributed by atoms with Gasteiger partial charge in [0.15, 0.2) is 0 Å². The van der Waals surface area contributed by atoms with E-state index in [9.17, 15) is 4.79 Å². The molecule has 3 heteroatoms. The lowest BCUT2D eigenvalue weighted by molar-refractivity contribution is -0.123. The fraction of sp³-hybridized carbons (Fsp3) is 0.929. The van der Waals surface area contributed by atoms with Gasteiger partial charge in [0.2, 0.25) is 5.91 Å². The molecule has 17 heavy (non-hydrogen) atoms. The average molecular weight is 240 g/mol. The number of hydrogen-bond donors (Lipinski definition) is 2. The molecule has 1 amide bonds. The smallest absolute Gasteiger partial charge is 0.237 e. The van der Waals surface area contributed by atoms with Crippen molar-refractivity contribution < 1.29 is 4.79 Å². The Kier molecular flexibility index (Phi) is 8.06. The summed E-state index contributed by atoms with van der Waals surface area (Å²) < 4.78 is 0.